The third-order valence-corrected chi connectivity index (χ3v) is 1.84. The summed E-state index contributed by atoms with van der Waals surface area (Å²) in [6.45, 7) is 1.49. The fourth-order valence-electron chi connectivity index (χ4n) is 0.573. The van der Waals surface area contributed by atoms with Crippen molar-refractivity contribution < 1.29 is 22.9 Å². The predicted molar refractivity (Wildman–Crippen MR) is 42.4 cm³/mol. The Kier molecular flexibility index (Phi) is 3.91. The minimum absolute atomic E-state index is 0.0329. The molecule has 0 radical (unpaired) electrons. The van der Waals surface area contributed by atoms with Crippen molar-refractivity contribution in [2.45, 2.75) is 13.3 Å². The van der Waals surface area contributed by atoms with Gasteiger partial charge in [0.2, 0.25) is 0 Å². The van der Waals surface area contributed by atoms with E-state index in [0.29, 0.717) is 5.57 Å². The van der Waals surface area contributed by atoms with Crippen LogP contribution in [-0.2, 0) is 14.9 Å². The molecule has 0 aromatic rings. The van der Waals surface area contributed by atoms with Crippen LogP contribution in [0.25, 0.3) is 0 Å². The first-order valence-electron chi connectivity index (χ1n) is 3.16. The van der Waals surface area contributed by atoms with Gasteiger partial charge in [-0.05, 0) is 13.3 Å². The zero-order valence-corrected chi connectivity index (χ0v) is 7.34. The van der Waals surface area contributed by atoms with Crippen LogP contribution in [0.15, 0.2) is 11.6 Å². The van der Waals surface area contributed by atoms with Crippen molar-refractivity contribution in [2.75, 3.05) is 5.75 Å². The monoisotopic (exact) mass is 194 g/mol. The lowest BCUT2D eigenvalue weighted by atomic mass is 10.2. The molecule has 0 amide bonds. The second kappa shape index (κ2) is 4.22. The van der Waals surface area contributed by atoms with Gasteiger partial charge in [0.1, 0.15) is 0 Å². The van der Waals surface area contributed by atoms with Gasteiger partial charge in [0.15, 0.2) is 0 Å². The van der Waals surface area contributed by atoms with Gasteiger partial charge in [0.25, 0.3) is 10.1 Å². The highest BCUT2D eigenvalue weighted by molar-refractivity contribution is 7.85. The van der Waals surface area contributed by atoms with E-state index in [-0.39, 0.29) is 6.42 Å². The quantitative estimate of drug-likeness (QED) is 0.496. The molecule has 5 nitrogen and oxygen atoms in total. The lowest BCUT2D eigenvalue weighted by Gasteiger charge is -1.96. The normalized spacial score (nSPS) is 13.0. The van der Waals surface area contributed by atoms with Gasteiger partial charge in [-0.3, -0.25) is 4.55 Å². The summed E-state index contributed by atoms with van der Waals surface area (Å²) in [6.07, 6.45) is 0.941. The highest BCUT2D eigenvalue weighted by Gasteiger charge is 2.04. The first-order valence-corrected chi connectivity index (χ1v) is 4.77. The highest BCUT2D eigenvalue weighted by atomic mass is 32.2. The first-order chi connectivity index (χ1) is 5.31. The molecule has 0 aliphatic heterocycles. The number of carboxylic acids is 1. The first kappa shape index (κ1) is 11.1. The molecule has 0 rings (SSSR count). The van der Waals surface area contributed by atoms with Gasteiger partial charge in [-0.2, -0.15) is 8.42 Å². The van der Waals surface area contributed by atoms with Gasteiger partial charge in [-0.25, -0.2) is 4.79 Å². The van der Waals surface area contributed by atoms with Gasteiger partial charge in [-0.15, -0.1) is 0 Å². The number of rotatable bonds is 4. The van der Waals surface area contributed by atoms with E-state index < -0.39 is 21.8 Å². The third kappa shape index (κ3) is 7.23. The van der Waals surface area contributed by atoms with Crippen molar-refractivity contribution in [1.29, 1.82) is 0 Å². The van der Waals surface area contributed by atoms with Gasteiger partial charge in [-0.1, -0.05) is 5.57 Å². The Morgan fingerprint density at radius 1 is 1.50 bits per heavy atom. The van der Waals surface area contributed by atoms with Crippen LogP contribution < -0.4 is 0 Å². The van der Waals surface area contributed by atoms with Crippen LogP contribution in [0.5, 0.6) is 0 Å². The number of aliphatic carboxylic acids is 1. The van der Waals surface area contributed by atoms with E-state index in [1.807, 2.05) is 0 Å². The molecule has 0 saturated carbocycles. The number of hydrogen-bond acceptors (Lipinski definition) is 3. The van der Waals surface area contributed by atoms with Crippen LogP contribution in [0.4, 0.5) is 0 Å². The molecule has 0 aromatic carbocycles. The van der Waals surface area contributed by atoms with E-state index in [1.54, 1.807) is 0 Å². The summed E-state index contributed by atoms with van der Waals surface area (Å²) in [5, 5.41) is 8.22. The maximum atomic E-state index is 10.2. The van der Waals surface area contributed by atoms with Gasteiger partial charge in [0, 0.05) is 6.08 Å². The molecule has 70 valence electrons. The predicted octanol–water partition coefficient (Wildman–Crippen LogP) is 0.295. The molecule has 2 N–H and O–H groups in total. The summed E-state index contributed by atoms with van der Waals surface area (Å²) in [7, 11) is -3.99. The zero-order valence-electron chi connectivity index (χ0n) is 6.52. The van der Waals surface area contributed by atoms with E-state index in [0.717, 1.165) is 6.08 Å². The fourth-order valence-corrected chi connectivity index (χ4v) is 1.15. The molecule has 0 atom stereocenters. The molecule has 0 fully saturated rings. The Morgan fingerprint density at radius 3 is 2.33 bits per heavy atom. The van der Waals surface area contributed by atoms with Crippen molar-refractivity contribution in [3.63, 3.8) is 0 Å². The third-order valence-electron chi connectivity index (χ3n) is 1.12. The number of carbonyl (C=O) groups is 1. The lowest BCUT2D eigenvalue weighted by molar-refractivity contribution is -0.131. The topological polar surface area (TPSA) is 91.7 Å². The summed E-state index contributed by atoms with van der Waals surface area (Å²) in [5.74, 6) is -1.56. The Balaban J connectivity index is 4.05. The van der Waals surface area contributed by atoms with Gasteiger partial charge < -0.3 is 5.11 Å². The molecule has 12 heavy (non-hydrogen) atoms. The summed E-state index contributed by atoms with van der Waals surface area (Å²) < 4.78 is 28.7. The van der Waals surface area contributed by atoms with Crippen LogP contribution in [0.2, 0.25) is 0 Å². The minimum Gasteiger partial charge on any atom is -0.478 e. The largest absolute Gasteiger partial charge is 0.478 e. The van der Waals surface area contributed by atoms with Crippen LogP contribution in [0, 0.1) is 0 Å². The number of hydrogen-bond donors (Lipinski definition) is 2. The van der Waals surface area contributed by atoms with Crippen LogP contribution in [0.3, 0.4) is 0 Å². The standard InChI is InChI=1S/C6H10O5S/c1-5(4-6(7)8)2-3-12(9,10)11/h4H,2-3H2,1H3,(H,7,8)(H,9,10,11). The minimum atomic E-state index is -3.99. The number of carboxylic acid groups (broad SMARTS) is 1. The molecule has 0 aliphatic carbocycles. The van der Waals surface area contributed by atoms with Crippen molar-refractivity contribution in [1.82, 2.24) is 0 Å². The Bertz CT molecular complexity index is 287. The van der Waals surface area contributed by atoms with Crippen molar-refractivity contribution in [2.24, 2.45) is 0 Å². The average Bonchev–Trinajstić information content (AvgIpc) is 1.80. The summed E-state index contributed by atoms with van der Waals surface area (Å²) in [6, 6.07) is 0. The maximum Gasteiger partial charge on any atom is 0.328 e. The maximum absolute atomic E-state index is 10.2. The van der Waals surface area contributed by atoms with E-state index in [9.17, 15) is 13.2 Å². The number of allylic oxidation sites excluding steroid dienone is 1. The summed E-state index contributed by atoms with van der Waals surface area (Å²) in [5.41, 5.74) is 0.403. The molecule has 6 heteroatoms. The Hall–Kier alpha value is -0.880. The molecule has 0 saturated heterocycles. The van der Waals surface area contributed by atoms with Crippen LogP contribution in [0.1, 0.15) is 13.3 Å². The molecular formula is C6H10O5S. The molecule has 0 unspecified atom stereocenters. The van der Waals surface area contributed by atoms with Gasteiger partial charge in [0.05, 0.1) is 5.75 Å². The second-order valence-electron chi connectivity index (χ2n) is 2.36. The molecular weight excluding hydrogens is 184 g/mol. The van der Waals surface area contributed by atoms with E-state index in [2.05, 4.69) is 0 Å². The van der Waals surface area contributed by atoms with Crippen LogP contribution >= 0.6 is 0 Å². The molecule has 0 spiro atoms. The molecule has 0 bridgehead atoms. The average molecular weight is 194 g/mol. The Morgan fingerprint density at radius 2 is 2.00 bits per heavy atom. The summed E-state index contributed by atoms with van der Waals surface area (Å²) in [4.78, 5) is 10.0. The summed E-state index contributed by atoms with van der Waals surface area (Å²) >= 11 is 0. The fraction of sp³-hybridized carbons (Fsp3) is 0.500. The van der Waals surface area contributed by atoms with Crippen molar-refractivity contribution >= 4 is 16.1 Å². The van der Waals surface area contributed by atoms with Crippen LogP contribution in [-0.4, -0.2) is 29.8 Å². The van der Waals surface area contributed by atoms with Crippen molar-refractivity contribution in [3.05, 3.63) is 11.6 Å². The zero-order chi connectivity index (χ0) is 9.78. The highest BCUT2D eigenvalue weighted by Crippen LogP contribution is 2.01. The van der Waals surface area contributed by atoms with E-state index >= 15 is 0 Å². The van der Waals surface area contributed by atoms with E-state index in [4.69, 9.17) is 9.66 Å². The molecule has 0 heterocycles. The van der Waals surface area contributed by atoms with E-state index in [1.165, 1.54) is 6.92 Å². The lowest BCUT2D eigenvalue weighted by Crippen LogP contribution is -2.04. The van der Waals surface area contributed by atoms with Gasteiger partial charge >= 0.3 is 5.97 Å². The van der Waals surface area contributed by atoms with Crippen molar-refractivity contribution in [3.8, 4) is 0 Å². The smallest absolute Gasteiger partial charge is 0.328 e. The Labute approximate surface area is 70.5 Å². The molecule has 0 aliphatic rings. The molecule has 0 aromatic heterocycles. The SMILES string of the molecule is CC(=CC(=O)O)CCS(=O)(=O)O. The second-order valence-corrected chi connectivity index (χ2v) is 3.94.